The number of amides is 1. The Morgan fingerprint density at radius 1 is 1.06 bits per heavy atom. The minimum Gasteiger partial charge on any atom is -0.492 e. The van der Waals surface area contributed by atoms with E-state index in [0.29, 0.717) is 19.7 Å². The van der Waals surface area contributed by atoms with Crippen LogP contribution in [0, 0.1) is 0 Å². The van der Waals surface area contributed by atoms with Crippen molar-refractivity contribution in [2.24, 2.45) is 0 Å². The third-order valence-electron chi connectivity index (χ3n) is 6.39. The van der Waals surface area contributed by atoms with Gasteiger partial charge in [-0.2, -0.15) is 0 Å². The molecule has 1 fully saturated rings. The van der Waals surface area contributed by atoms with E-state index in [0.717, 1.165) is 41.0 Å². The molecule has 1 unspecified atom stereocenters. The molecule has 1 saturated carbocycles. The number of ether oxygens (including phenoxy) is 1. The first-order chi connectivity index (χ1) is 15.8. The van der Waals surface area contributed by atoms with Gasteiger partial charge in [0.05, 0.1) is 11.9 Å². The predicted molar refractivity (Wildman–Crippen MR) is 123 cm³/mol. The van der Waals surface area contributed by atoms with Gasteiger partial charge in [-0.05, 0) is 24.5 Å². The Balaban J connectivity index is 1.49. The average molecular weight is 429 g/mol. The molecule has 0 saturated heterocycles. The van der Waals surface area contributed by atoms with Crippen LogP contribution in [0.4, 0.5) is 0 Å². The van der Waals surface area contributed by atoms with Gasteiger partial charge in [-0.1, -0.05) is 55.3 Å². The van der Waals surface area contributed by atoms with E-state index in [9.17, 15) is 4.79 Å². The van der Waals surface area contributed by atoms with Crippen LogP contribution in [-0.2, 0) is 11.3 Å². The lowest BCUT2D eigenvalue weighted by atomic mass is 10.00. The van der Waals surface area contributed by atoms with Crippen molar-refractivity contribution in [3.8, 4) is 17.0 Å². The van der Waals surface area contributed by atoms with E-state index < -0.39 is 6.04 Å². The lowest BCUT2D eigenvalue weighted by Crippen LogP contribution is -2.43. The maximum atomic E-state index is 13.6. The number of aromatic nitrogens is 2. The first-order valence-electron chi connectivity index (χ1n) is 11.4. The number of nitrogens with zero attached hydrogens (tertiary/aromatic N) is 3. The van der Waals surface area contributed by atoms with Gasteiger partial charge in [-0.25, -0.2) is 0 Å². The lowest BCUT2D eigenvalue weighted by molar-refractivity contribution is -0.127. The number of carbonyl (C=O) groups is 1. The van der Waals surface area contributed by atoms with Crippen molar-refractivity contribution in [2.75, 3.05) is 13.2 Å². The summed E-state index contributed by atoms with van der Waals surface area (Å²) in [5.74, 6) is 0.857. The number of nitrogens with one attached hydrogen (secondary N) is 1. The Hall–Kier alpha value is -3.25. The van der Waals surface area contributed by atoms with Crippen LogP contribution in [-0.4, -0.2) is 40.0 Å². The monoisotopic (exact) mass is 428 g/mol. The van der Waals surface area contributed by atoms with Gasteiger partial charge in [-0.3, -0.25) is 19.7 Å². The zero-order valence-corrected chi connectivity index (χ0v) is 18.1. The highest BCUT2D eigenvalue weighted by Crippen LogP contribution is 2.35. The molecular weight excluding hydrogens is 400 g/mol. The molecule has 1 amide bonds. The molecule has 2 aliphatic rings. The van der Waals surface area contributed by atoms with Gasteiger partial charge >= 0.3 is 0 Å². The summed E-state index contributed by atoms with van der Waals surface area (Å²) in [7, 11) is 0. The third kappa shape index (κ3) is 4.36. The molecule has 1 aromatic heterocycles. The minimum absolute atomic E-state index is 0.0619. The zero-order valence-electron chi connectivity index (χ0n) is 18.1. The van der Waals surface area contributed by atoms with Crippen LogP contribution in [0.5, 0.6) is 5.75 Å². The molecule has 1 aliphatic carbocycles. The number of rotatable bonds is 5. The second kappa shape index (κ2) is 9.49. The van der Waals surface area contributed by atoms with Gasteiger partial charge in [0.25, 0.3) is 0 Å². The van der Waals surface area contributed by atoms with Crippen molar-refractivity contribution in [1.29, 1.82) is 0 Å². The predicted octanol–water partition coefficient (Wildman–Crippen LogP) is 4.14. The highest BCUT2D eigenvalue weighted by molar-refractivity contribution is 5.84. The Bertz CT molecular complexity index is 1070. The summed E-state index contributed by atoms with van der Waals surface area (Å²) in [6.07, 6.45) is 9.66. The van der Waals surface area contributed by atoms with E-state index in [-0.39, 0.29) is 11.9 Å². The van der Waals surface area contributed by atoms with Crippen LogP contribution < -0.4 is 10.1 Å². The van der Waals surface area contributed by atoms with Crippen molar-refractivity contribution in [2.45, 2.75) is 44.3 Å². The average Bonchev–Trinajstić information content (AvgIpc) is 3.27. The molecule has 3 aromatic rings. The van der Waals surface area contributed by atoms with Gasteiger partial charge in [-0.15, -0.1) is 0 Å². The standard InChI is InChI=1S/C26H28N4O2/c31-26(29-20-8-2-3-9-20)25-22-11-5-6-12-24(22)32-16-15-30(25)18-19-7-1-4-10-21(19)23-17-27-13-14-28-23/h1,4-7,10-14,17,20,25H,2-3,8-9,15-16,18H2,(H,29,31). The number of hydrogen-bond acceptors (Lipinski definition) is 5. The molecule has 6 nitrogen and oxygen atoms in total. The maximum absolute atomic E-state index is 13.6. The van der Waals surface area contributed by atoms with Gasteiger partial charge < -0.3 is 10.1 Å². The van der Waals surface area contributed by atoms with Crippen LogP contribution in [0.25, 0.3) is 11.3 Å². The third-order valence-corrected chi connectivity index (χ3v) is 6.39. The molecule has 2 heterocycles. The summed E-state index contributed by atoms with van der Waals surface area (Å²) in [5.41, 5.74) is 3.92. The molecule has 1 atom stereocenters. The van der Waals surface area contributed by atoms with Crippen LogP contribution >= 0.6 is 0 Å². The zero-order chi connectivity index (χ0) is 21.8. The van der Waals surface area contributed by atoms with Gasteiger partial charge in [0.2, 0.25) is 5.91 Å². The van der Waals surface area contributed by atoms with E-state index >= 15 is 0 Å². The van der Waals surface area contributed by atoms with E-state index in [1.54, 1.807) is 18.6 Å². The maximum Gasteiger partial charge on any atom is 0.242 e. The number of para-hydroxylation sites is 1. The first kappa shape index (κ1) is 20.6. The molecule has 0 spiro atoms. The van der Waals surface area contributed by atoms with Crippen LogP contribution in [0.1, 0.15) is 42.9 Å². The number of carbonyl (C=O) groups excluding carboxylic acids is 1. The molecule has 0 radical (unpaired) electrons. The summed E-state index contributed by atoms with van der Waals surface area (Å²) < 4.78 is 6.04. The molecule has 32 heavy (non-hydrogen) atoms. The van der Waals surface area contributed by atoms with Crippen LogP contribution in [0.3, 0.4) is 0 Å². The fourth-order valence-electron chi connectivity index (χ4n) is 4.83. The van der Waals surface area contributed by atoms with E-state index in [1.807, 2.05) is 36.4 Å². The van der Waals surface area contributed by atoms with Crippen molar-refractivity contribution >= 4 is 5.91 Å². The molecule has 1 N–H and O–H groups in total. The summed E-state index contributed by atoms with van der Waals surface area (Å²) >= 11 is 0. The fraction of sp³-hybridized carbons (Fsp3) is 0.346. The Labute approximate surface area is 188 Å². The largest absolute Gasteiger partial charge is 0.492 e. The molecule has 5 rings (SSSR count). The summed E-state index contributed by atoms with van der Waals surface area (Å²) in [6.45, 7) is 1.82. The van der Waals surface area contributed by atoms with Gasteiger partial charge in [0.1, 0.15) is 18.4 Å². The minimum atomic E-state index is -0.399. The second-order valence-electron chi connectivity index (χ2n) is 8.50. The Morgan fingerprint density at radius 2 is 1.88 bits per heavy atom. The topological polar surface area (TPSA) is 67.3 Å². The van der Waals surface area contributed by atoms with Crippen LogP contribution in [0.15, 0.2) is 67.1 Å². The summed E-state index contributed by atoms with van der Waals surface area (Å²) in [4.78, 5) is 24.6. The molecule has 6 heteroatoms. The summed E-state index contributed by atoms with van der Waals surface area (Å²) in [6, 6.07) is 16.0. The molecule has 1 aliphatic heterocycles. The summed E-state index contributed by atoms with van der Waals surface area (Å²) in [5, 5.41) is 3.32. The van der Waals surface area contributed by atoms with Crippen molar-refractivity contribution in [3.63, 3.8) is 0 Å². The smallest absolute Gasteiger partial charge is 0.242 e. The first-order valence-corrected chi connectivity index (χ1v) is 11.4. The molecule has 0 bridgehead atoms. The second-order valence-corrected chi connectivity index (χ2v) is 8.50. The highest BCUT2D eigenvalue weighted by Gasteiger charge is 2.34. The van der Waals surface area contributed by atoms with E-state index in [2.05, 4.69) is 32.3 Å². The molecular formula is C26H28N4O2. The van der Waals surface area contributed by atoms with Gasteiger partial charge in [0, 0.05) is 42.7 Å². The molecule has 2 aromatic carbocycles. The SMILES string of the molecule is O=C(NC1CCCC1)C1c2ccccc2OCCN1Cc1ccccc1-c1cnccn1. The van der Waals surface area contributed by atoms with Crippen molar-refractivity contribution < 1.29 is 9.53 Å². The van der Waals surface area contributed by atoms with Crippen LogP contribution in [0.2, 0.25) is 0 Å². The number of hydrogen-bond donors (Lipinski definition) is 1. The Morgan fingerprint density at radius 3 is 2.72 bits per heavy atom. The molecule has 164 valence electrons. The number of benzene rings is 2. The fourth-order valence-corrected chi connectivity index (χ4v) is 4.83. The van der Waals surface area contributed by atoms with Gasteiger partial charge in [0.15, 0.2) is 0 Å². The number of fused-ring (bicyclic) bond motifs is 1. The highest BCUT2D eigenvalue weighted by atomic mass is 16.5. The van der Waals surface area contributed by atoms with Crippen molar-refractivity contribution in [3.05, 3.63) is 78.2 Å². The van der Waals surface area contributed by atoms with E-state index in [1.165, 1.54) is 12.8 Å². The van der Waals surface area contributed by atoms with E-state index in [4.69, 9.17) is 4.74 Å². The normalized spacial score (nSPS) is 19.1. The quantitative estimate of drug-likeness (QED) is 0.662. The lowest BCUT2D eigenvalue weighted by Gasteiger charge is -2.30. The Kier molecular flexibility index (Phi) is 6.12. The van der Waals surface area contributed by atoms with Crippen molar-refractivity contribution in [1.82, 2.24) is 20.2 Å².